The molecule has 0 amide bonds. The molecule has 2 rings (SSSR count). The van der Waals surface area contributed by atoms with Gasteiger partial charge in [0.1, 0.15) is 0 Å². The van der Waals surface area contributed by atoms with Crippen LogP contribution in [-0.4, -0.2) is 12.3 Å². The van der Waals surface area contributed by atoms with Crippen molar-refractivity contribution in [1.29, 1.82) is 0 Å². The Balaban J connectivity index is 0.00000338. The normalized spacial score (nSPS) is 15.1. The summed E-state index contributed by atoms with van der Waals surface area (Å²) in [5.74, 6) is 0. The maximum absolute atomic E-state index is 2.64. The van der Waals surface area contributed by atoms with Gasteiger partial charge in [-0.05, 0) is 0 Å². The van der Waals surface area contributed by atoms with Gasteiger partial charge in [0.2, 0.25) is 0 Å². The van der Waals surface area contributed by atoms with Crippen LogP contribution < -0.4 is 0 Å². The van der Waals surface area contributed by atoms with Gasteiger partial charge in [0.25, 0.3) is 0 Å². The largest absolute Gasteiger partial charge is 0.147 e. The summed E-state index contributed by atoms with van der Waals surface area (Å²) >= 11 is 1.28. The van der Waals surface area contributed by atoms with Gasteiger partial charge in [-0.25, -0.2) is 0 Å². The number of benzene rings is 1. The summed E-state index contributed by atoms with van der Waals surface area (Å²) in [4.78, 5) is 0. The van der Waals surface area contributed by atoms with Gasteiger partial charge in [-0.2, -0.15) is 0 Å². The molecule has 0 aliphatic heterocycles. The molecule has 0 radical (unpaired) electrons. The third kappa shape index (κ3) is 7.88. The van der Waals surface area contributed by atoms with Crippen LogP contribution in [0.25, 0.3) is 6.08 Å². The van der Waals surface area contributed by atoms with E-state index in [1.807, 2.05) is 5.31 Å². The number of unbranched alkanes of at least 4 members (excludes halogenated alkanes) is 6. The maximum Gasteiger partial charge on any atom is -0.147 e. The van der Waals surface area contributed by atoms with Crippen molar-refractivity contribution in [1.82, 2.24) is 0 Å². The molecular formula is C23H38Cl2HfP. The zero-order valence-electron chi connectivity index (χ0n) is 17.6. The van der Waals surface area contributed by atoms with E-state index in [9.17, 15) is 0 Å². The zero-order chi connectivity index (χ0) is 18.2. The van der Waals surface area contributed by atoms with E-state index in [2.05, 4.69) is 45.9 Å². The molecule has 0 saturated carbocycles. The molecule has 0 spiro atoms. The van der Waals surface area contributed by atoms with Gasteiger partial charge < -0.3 is 0 Å². The molecule has 1 unspecified atom stereocenters. The van der Waals surface area contributed by atoms with Gasteiger partial charge in [0.05, 0.1) is 0 Å². The van der Waals surface area contributed by atoms with Crippen molar-refractivity contribution in [3.8, 4) is 0 Å². The summed E-state index contributed by atoms with van der Waals surface area (Å²) in [6.45, 7) is 9.27. The molecule has 153 valence electrons. The molecule has 27 heavy (non-hydrogen) atoms. The molecule has 0 nitrogen and oxygen atoms in total. The number of allylic oxidation sites excluding steroid dienone is 1. The van der Waals surface area contributed by atoms with E-state index < -0.39 is 0 Å². The summed E-state index contributed by atoms with van der Waals surface area (Å²) in [7, 11) is 0.0903. The van der Waals surface area contributed by atoms with Crippen LogP contribution in [0.3, 0.4) is 0 Å². The number of rotatable bonds is 11. The molecular weight excluding hydrogens is 557 g/mol. The van der Waals surface area contributed by atoms with Crippen molar-refractivity contribution < 1.29 is 24.4 Å². The number of halogens is 2. The molecule has 0 aromatic heterocycles. The van der Waals surface area contributed by atoms with E-state index in [1.165, 1.54) is 99.2 Å². The van der Waals surface area contributed by atoms with E-state index >= 15 is 0 Å². The molecule has 1 atom stereocenters. The van der Waals surface area contributed by atoms with Crippen LogP contribution in [0.5, 0.6) is 0 Å². The van der Waals surface area contributed by atoms with Crippen LogP contribution >= 0.6 is 32.7 Å². The molecule has 0 fully saturated rings. The second-order valence-electron chi connectivity index (χ2n) is 7.64. The van der Waals surface area contributed by atoms with Crippen molar-refractivity contribution >= 4 is 38.8 Å². The first-order chi connectivity index (χ1) is 12.1. The predicted octanol–water partition coefficient (Wildman–Crippen LogP) is 8.73. The van der Waals surface area contributed by atoms with Crippen LogP contribution in [0.15, 0.2) is 17.4 Å². The summed E-state index contributed by atoms with van der Waals surface area (Å²) in [6.07, 6.45) is 16.9. The molecule has 0 bridgehead atoms. The Bertz CT molecular complexity index is 574. The zero-order valence-corrected chi connectivity index (χ0v) is 23.8. The molecule has 0 N–H and O–H groups in total. The minimum Gasteiger partial charge on any atom is -0.147 e. The molecule has 4 heteroatoms. The topological polar surface area (TPSA) is 0 Å². The molecule has 0 heterocycles. The minimum absolute atomic E-state index is 0. The van der Waals surface area contributed by atoms with E-state index in [-0.39, 0.29) is 32.7 Å². The predicted molar refractivity (Wildman–Crippen MR) is 126 cm³/mol. The van der Waals surface area contributed by atoms with Gasteiger partial charge in [-0.1, -0.05) is 0 Å². The second-order valence-corrected chi connectivity index (χ2v) is 12.2. The molecule has 1 aliphatic rings. The van der Waals surface area contributed by atoms with Crippen molar-refractivity contribution in [2.45, 2.75) is 82.7 Å². The average molecular weight is 595 g/mol. The quantitative estimate of drug-likeness (QED) is 0.137. The minimum atomic E-state index is 0. The third-order valence-electron chi connectivity index (χ3n) is 5.53. The molecule has 1 aliphatic carbocycles. The van der Waals surface area contributed by atoms with Gasteiger partial charge in [-0.3, -0.25) is 0 Å². The molecule has 0 saturated heterocycles. The smallest absolute Gasteiger partial charge is 0.147 e. The van der Waals surface area contributed by atoms with Crippen LogP contribution in [-0.2, 0) is 24.4 Å². The fourth-order valence-corrected chi connectivity index (χ4v) is 10.3. The fourth-order valence-electron chi connectivity index (χ4n) is 3.91. The van der Waals surface area contributed by atoms with Crippen LogP contribution in [0.4, 0.5) is 0 Å². The summed E-state index contributed by atoms with van der Waals surface area (Å²) in [5.41, 5.74) is 6.29. The third-order valence-corrected chi connectivity index (χ3v) is 11.4. The average Bonchev–Trinajstić information content (AvgIpc) is 2.95. The Labute approximate surface area is 196 Å². The number of hydrogen-bond donors (Lipinski definition) is 0. The first-order valence-electron chi connectivity index (χ1n) is 10.4. The van der Waals surface area contributed by atoms with Gasteiger partial charge in [0, 0.05) is 0 Å². The SMILES string of the molecule is CCCCCCP(CCCCCC)C1=Cc2c(C)ccc(C)c2[CH]1[Hf].Cl.Cl. The van der Waals surface area contributed by atoms with Crippen molar-refractivity contribution in [3.05, 3.63) is 39.7 Å². The van der Waals surface area contributed by atoms with Crippen LogP contribution in [0.2, 0.25) is 0 Å². The fraction of sp³-hybridized carbons (Fsp3) is 0.652. The summed E-state index contributed by atoms with van der Waals surface area (Å²) in [5, 5.41) is 1.86. The van der Waals surface area contributed by atoms with E-state index in [0.717, 1.165) is 3.67 Å². The summed E-state index contributed by atoms with van der Waals surface area (Å²) < 4.78 is 0.790. The van der Waals surface area contributed by atoms with E-state index in [1.54, 1.807) is 11.1 Å². The Morgan fingerprint density at radius 1 is 0.815 bits per heavy atom. The monoisotopic (exact) mass is 595 g/mol. The van der Waals surface area contributed by atoms with Crippen molar-refractivity contribution in [2.75, 3.05) is 12.3 Å². The second kappa shape index (κ2) is 14.8. The first kappa shape index (κ1) is 27.8. The Hall–Kier alpha value is 0.840. The Morgan fingerprint density at radius 2 is 1.33 bits per heavy atom. The van der Waals surface area contributed by atoms with Crippen LogP contribution in [0, 0.1) is 13.8 Å². The molecule has 1 aromatic rings. The van der Waals surface area contributed by atoms with Gasteiger partial charge in [0.15, 0.2) is 0 Å². The summed E-state index contributed by atoms with van der Waals surface area (Å²) in [6, 6.07) is 4.67. The molecule has 1 aromatic carbocycles. The Morgan fingerprint density at radius 3 is 1.81 bits per heavy atom. The van der Waals surface area contributed by atoms with Crippen molar-refractivity contribution in [3.63, 3.8) is 0 Å². The standard InChI is InChI=1S/C23H36P.2ClH.Hf/c1-5-7-9-11-15-24(16-12-10-8-6-2)21-17-22-19(3)13-14-20(4)23(22)18-21;;;/h13-14,17-18H,5-12,15-16H2,1-4H3;2*1H;. The number of aryl methyl sites for hydroxylation is 2. The Kier molecular flexibility index (Phi) is 15.2. The van der Waals surface area contributed by atoms with Crippen molar-refractivity contribution in [2.24, 2.45) is 0 Å². The van der Waals surface area contributed by atoms with E-state index in [4.69, 9.17) is 0 Å². The van der Waals surface area contributed by atoms with Crippen LogP contribution in [0.1, 0.15) is 91.1 Å². The number of hydrogen-bond acceptors (Lipinski definition) is 0. The van der Waals surface area contributed by atoms with E-state index in [0.29, 0.717) is 0 Å². The number of fused-ring (bicyclic) bond motifs is 1. The maximum atomic E-state index is 2.64. The van der Waals surface area contributed by atoms with Gasteiger partial charge in [-0.15, -0.1) is 24.8 Å². The van der Waals surface area contributed by atoms with Gasteiger partial charge >= 0.3 is 173 Å². The first-order valence-corrected chi connectivity index (χ1v) is 14.2.